The largest absolute Gasteiger partial charge is 0.387 e. The number of nitrogens with one attached hydrogen (secondary N) is 2. The van der Waals surface area contributed by atoms with Crippen LogP contribution in [-0.2, 0) is 13.6 Å². The number of guanidine groups is 1. The van der Waals surface area contributed by atoms with E-state index in [1.165, 1.54) is 12.8 Å². The van der Waals surface area contributed by atoms with Gasteiger partial charge in [0.2, 0.25) is 0 Å². The number of hydrogen-bond donors (Lipinski definition) is 3. The second-order valence-electron chi connectivity index (χ2n) is 7.60. The van der Waals surface area contributed by atoms with Crippen LogP contribution in [0.5, 0.6) is 0 Å². The van der Waals surface area contributed by atoms with Gasteiger partial charge in [0.1, 0.15) is 12.4 Å². The van der Waals surface area contributed by atoms with E-state index in [0.717, 1.165) is 30.5 Å². The summed E-state index contributed by atoms with van der Waals surface area (Å²) >= 11 is 0. The smallest absolute Gasteiger partial charge is 0.192 e. The van der Waals surface area contributed by atoms with Crippen LogP contribution in [0, 0.1) is 6.92 Å². The molecule has 1 atom stereocenters. The molecule has 0 spiro atoms. The van der Waals surface area contributed by atoms with Crippen molar-refractivity contribution in [2.75, 3.05) is 27.2 Å². The Kier molecular flexibility index (Phi) is 9.25. The van der Waals surface area contributed by atoms with Gasteiger partial charge in [-0.05, 0) is 40.8 Å². The first-order chi connectivity index (χ1) is 11.8. The van der Waals surface area contributed by atoms with Gasteiger partial charge in [-0.15, -0.1) is 34.2 Å². The number of aryl methyl sites for hydroxylation is 1. The molecule has 3 N–H and O–H groups in total. The quantitative estimate of drug-likeness (QED) is 0.308. The van der Waals surface area contributed by atoms with E-state index in [4.69, 9.17) is 0 Å². The van der Waals surface area contributed by atoms with Gasteiger partial charge in [-0.1, -0.05) is 12.8 Å². The van der Waals surface area contributed by atoms with Crippen molar-refractivity contribution in [1.82, 2.24) is 30.3 Å². The molecule has 1 heterocycles. The Balaban J connectivity index is 0.00000338. The number of rotatable bonds is 7. The van der Waals surface area contributed by atoms with Crippen LogP contribution in [0.2, 0.25) is 0 Å². The molecule has 1 aliphatic rings. The van der Waals surface area contributed by atoms with Crippen LogP contribution in [0.3, 0.4) is 0 Å². The molecule has 0 amide bonds. The fourth-order valence-corrected chi connectivity index (χ4v) is 3.17. The number of hydrogen-bond acceptors (Lipinski definition) is 5. The maximum absolute atomic E-state index is 10.5. The highest BCUT2D eigenvalue weighted by Gasteiger charge is 2.23. The van der Waals surface area contributed by atoms with E-state index in [2.05, 4.69) is 25.8 Å². The zero-order valence-corrected chi connectivity index (χ0v) is 18.9. The highest BCUT2D eigenvalue weighted by Crippen LogP contribution is 2.17. The molecule has 26 heavy (non-hydrogen) atoms. The lowest BCUT2D eigenvalue weighted by atomic mass is 10.1. The van der Waals surface area contributed by atoms with E-state index >= 15 is 0 Å². The lowest BCUT2D eigenvalue weighted by Crippen LogP contribution is -2.51. The lowest BCUT2D eigenvalue weighted by Gasteiger charge is -2.28. The summed E-state index contributed by atoms with van der Waals surface area (Å²) in [5, 5.41) is 25.5. The predicted molar refractivity (Wildman–Crippen MR) is 115 cm³/mol. The summed E-state index contributed by atoms with van der Waals surface area (Å²) in [5.74, 6) is 2.43. The number of aromatic nitrogens is 3. The van der Waals surface area contributed by atoms with Crippen LogP contribution in [0.4, 0.5) is 0 Å². The molecule has 1 aliphatic carbocycles. The van der Waals surface area contributed by atoms with Gasteiger partial charge in [0.05, 0.1) is 5.60 Å². The third kappa shape index (κ3) is 7.36. The van der Waals surface area contributed by atoms with Crippen molar-refractivity contribution in [3.63, 3.8) is 0 Å². The van der Waals surface area contributed by atoms with Crippen molar-refractivity contribution in [2.45, 2.75) is 57.7 Å². The zero-order chi connectivity index (χ0) is 18.4. The highest BCUT2D eigenvalue weighted by atomic mass is 127. The normalized spacial score (nSPS) is 17.9. The molecular weight excluding hydrogens is 445 g/mol. The third-order valence-corrected chi connectivity index (χ3v) is 4.55. The van der Waals surface area contributed by atoms with Crippen LogP contribution < -0.4 is 10.6 Å². The predicted octanol–water partition coefficient (Wildman–Crippen LogP) is 1.03. The second kappa shape index (κ2) is 10.4. The van der Waals surface area contributed by atoms with E-state index in [-0.39, 0.29) is 24.0 Å². The maximum atomic E-state index is 10.5. The number of nitrogens with zero attached hydrogens (tertiary/aromatic N) is 5. The van der Waals surface area contributed by atoms with Gasteiger partial charge in [0, 0.05) is 26.2 Å². The minimum Gasteiger partial charge on any atom is -0.387 e. The van der Waals surface area contributed by atoms with Crippen LogP contribution >= 0.6 is 24.0 Å². The van der Waals surface area contributed by atoms with Crippen molar-refractivity contribution in [2.24, 2.45) is 12.0 Å². The molecular formula is C17H34IN7O. The third-order valence-electron chi connectivity index (χ3n) is 4.55. The van der Waals surface area contributed by atoms with E-state index in [1.54, 1.807) is 0 Å². The molecule has 1 aromatic heterocycles. The van der Waals surface area contributed by atoms with Crippen molar-refractivity contribution in [3.8, 4) is 0 Å². The molecule has 1 fully saturated rings. The first kappa shape index (κ1) is 23.1. The molecule has 0 aromatic carbocycles. The van der Waals surface area contributed by atoms with Crippen LogP contribution in [-0.4, -0.2) is 69.6 Å². The molecule has 2 rings (SSSR count). The summed E-state index contributed by atoms with van der Waals surface area (Å²) in [6, 6.07) is 0.450. The van der Waals surface area contributed by atoms with E-state index in [9.17, 15) is 5.11 Å². The molecule has 1 aromatic rings. The van der Waals surface area contributed by atoms with Gasteiger partial charge < -0.3 is 25.2 Å². The molecule has 9 heteroatoms. The van der Waals surface area contributed by atoms with Crippen molar-refractivity contribution >= 4 is 29.9 Å². The van der Waals surface area contributed by atoms with Crippen LogP contribution in [0.1, 0.15) is 44.3 Å². The van der Waals surface area contributed by atoms with Gasteiger partial charge >= 0.3 is 0 Å². The van der Waals surface area contributed by atoms with Crippen LogP contribution in [0.15, 0.2) is 4.99 Å². The molecule has 0 saturated heterocycles. The summed E-state index contributed by atoms with van der Waals surface area (Å²) in [7, 11) is 5.85. The minimum absolute atomic E-state index is 0. The second-order valence-corrected chi connectivity index (χ2v) is 7.60. The summed E-state index contributed by atoms with van der Waals surface area (Å²) < 4.78 is 1.94. The van der Waals surface area contributed by atoms with E-state index in [0.29, 0.717) is 25.7 Å². The average Bonchev–Trinajstić information content (AvgIpc) is 3.13. The zero-order valence-electron chi connectivity index (χ0n) is 16.6. The monoisotopic (exact) mass is 479 g/mol. The van der Waals surface area contributed by atoms with E-state index in [1.807, 2.05) is 44.5 Å². The molecule has 0 bridgehead atoms. The molecule has 0 radical (unpaired) electrons. The Hall–Kier alpha value is -0.940. The Morgan fingerprint density at radius 1 is 1.35 bits per heavy atom. The Labute approximate surface area is 173 Å². The first-order valence-corrected chi connectivity index (χ1v) is 9.04. The molecule has 8 nitrogen and oxygen atoms in total. The lowest BCUT2D eigenvalue weighted by molar-refractivity contribution is 0.0376. The number of halogens is 1. The maximum Gasteiger partial charge on any atom is 0.192 e. The molecule has 150 valence electrons. The Bertz CT molecular complexity index is 580. The topological polar surface area (TPSA) is 90.6 Å². The minimum atomic E-state index is -0.830. The fourth-order valence-electron chi connectivity index (χ4n) is 3.17. The SMILES string of the molecule is Cc1nnc(CN=C(NCC(C)(O)CN(C)C)NC2CCCC2)n1C.I. The van der Waals surface area contributed by atoms with Gasteiger partial charge in [-0.2, -0.15) is 0 Å². The van der Waals surface area contributed by atoms with Gasteiger partial charge in [0.25, 0.3) is 0 Å². The van der Waals surface area contributed by atoms with Crippen molar-refractivity contribution in [3.05, 3.63) is 11.6 Å². The Morgan fingerprint density at radius 2 is 2.00 bits per heavy atom. The van der Waals surface area contributed by atoms with Gasteiger partial charge in [-0.3, -0.25) is 0 Å². The number of likely N-dealkylation sites (N-methyl/N-ethyl adjacent to an activating group) is 1. The fraction of sp³-hybridized carbons (Fsp3) is 0.824. The number of aliphatic imine (C=N–C) groups is 1. The van der Waals surface area contributed by atoms with E-state index < -0.39 is 5.60 Å². The van der Waals surface area contributed by atoms with Gasteiger partial charge in [0.15, 0.2) is 11.8 Å². The highest BCUT2D eigenvalue weighted by molar-refractivity contribution is 14.0. The summed E-state index contributed by atoms with van der Waals surface area (Å²) in [6.07, 6.45) is 4.84. The van der Waals surface area contributed by atoms with Crippen molar-refractivity contribution < 1.29 is 5.11 Å². The van der Waals surface area contributed by atoms with Crippen LogP contribution in [0.25, 0.3) is 0 Å². The molecule has 0 aliphatic heterocycles. The summed E-state index contributed by atoms with van der Waals surface area (Å²) in [5.41, 5.74) is -0.830. The summed E-state index contributed by atoms with van der Waals surface area (Å²) in [4.78, 5) is 6.64. The summed E-state index contributed by atoms with van der Waals surface area (Å²) in [6.45, 7) is 5.23. The average molecular weight is 479 g/mol. The molecule has 1 unspecified atom stereocenters. The number of aliphatic hydroxyl groups is 1. The van der Waals surface area contributed by atoms with Crippen molar-refractivity contribution in [1.29, 1.82) is 0 Å². The molecule has 1 saturated carbocycles. The standard InChI is InChI=1S/C17H33N7O.HI/c1-13-21-22-15(24(13)5)10-18-16(20-14-8-6-7-9-14)19-11-17(2,25)12-23(3)4;/h14,25H,6-12H2,1-5H3,(H2,18,19,20);1H. The Morgan fingerprint density at radius 3 is 2.54 bits per heavy atom. The van der Waals surface area contributed by atoms with Gasteiger partial charge in [-0.25, -0.2) is 4.99 Å². The first-order valence-electron chi connectivity index (χ1n) is 9.04.